The number of aryl methyl sites for hydroxylation is 1. The van der Waals surface area contributed by atoms with Gasteiger partial charge in [0.05, 0.1) is 24.9 Å². The lowest BCUT2D eigenvalue weighted by Gasteiger charge is -2.29. The van der Waals surface area contributed by atoms with Gasteiger partial charge in [0, 0.05) is 11.6 Å². The van der Waals surface area contributed by atoms with Crippen LogP contribution in [-0.2, 0) is 6.54 Å². The van der Waals surface area contributed by atoms with Crippen molar-refractivity contribution in [3.63, 3.8) is 0 Å². The summed E-state index contributed by atoms with van der Waals surface area (Å²) in [6.45, 7) is 2.24. The third-order valence-corrected chi connectivity index (χ3v) is 5.88. The third kappa shape index (κ3) is 4.03. The molecule has 1 aliphatic carbocycles. The van der Waals surface area contributed by atoms with Crippen molar-refractivity contribution in [1.29, 1.82) is 0 Å². The van der Waals surface area contributed by atoms with Crippen LogP contribution in [0.4, 0.5) is 10.5 Å². The fraction of sp³-hybridized carbons (Fsp3) is 0.333. The molecule has 1 aromatic heterocycles. The van der Waals surface area contributed by atoms with E-state index in [1.807, 2.05) is 55.5 Å². The molecule has 156 valence electrons. The number of pyridine rings is 1. The van der Waals surface area contributed by atoms with Crippen molar-refractivity contribution in [3.05, 3.63) is 70.0 Å². The smallest absolute Gasteiger partial charge is 0.322 e. The minimum Gasteiger partial charge on any atom is -0.495 e. The number of amides is 2. The van der Waals surface area contributed by atoms with Crippen molar-refractivity contribution in [2.24, 2.45) is 0 Å². The van der Waals surface area contributed by atoms with Gasteiger partial charge in [0.15, 0.2) is 0 Å². The molecule has 6 nitrogen and oxygen atoms in total. The average Bonchev–Trinajstić information content (AvgIpc) is 3.28. The molecule has 2 aromatic carbocycles. The number of urea groups is 1. The molecule has 2 amide bonds. The van der Waals surface area contributed by atoms with Gasteiger partial charge >= 0.3 is 6.03 Å². The highest BCUT2D eigenvalue weighted by atomic mass is 16.5. The highest BCUT2D eigenvalue weighted by molar-refractivity contribution is 5.91. The lowest BCUT2D eigenvalue weighted by atomic mass is 10.1. The number of hydrogen-bond donors (Lipinski definition) is 2. The molecule has 4 rings (SSSR count). The van der Waals surface area contributed by atoms with Crippen LogP contribution in [0.3, 0.4) is 0 Å². The lowest BCUT2D eigenvalue weighted by Crippen LogP contribution is -2.42. The molecule has 1 fully saturated rings. The second-order valence-corrected chi connectivity index (χ2v) is 7.86. The van der Waals surface area contributed by atoms with Crippen LogP contribution < -0.4 is 15.6 Å². The molecule has 30 heavy (non-hydrogen) atoms. The number of ether oxygens (including phenoxy) is 1. The summed E-state index contributed by atoms with van der Waals surface area (Å²) in [7, 11) is 1.58. The molecule has 0 atom stereocenters. The summed E-state index contributed by atoms with van der Waals surface area (Å²) in [4.78, 5) is 30.8. The molecule has 1 aliphatic rings. The van der Waals surface area contributed by atoms with Gasteiger partial charge in [0.2, 0.25) is 0 Å². The van der Waals surface area contributed by atoms with E-state index in [2.05, 4.69) is 10.3 Å². The van der Waals surface area contributed by atoms with Crippen molar-refractivity contribution in [3.8, 4) is 5.75 Å². The molecule has 1 saturated carbocycles. The van der Waals surface area contributed by atoms with E-state index < -0.39 is 0 Å². The van der Waals surface area contributed by atoms with Gasteiger partial charge in [-0.2, -0.15) is 0 Å². The number of nitrogens with zero attached hydrogens (tertiary/aromatic N) is 1. The maximum Gasteiger partial charge on any atom is 0.322 e. The number of carbonyl (C=O) groups is 1. The van der Waals surface area contributed by atoms with E-state index in [0.717, 1.165) is 42.1 Å². The second-order valence-electron chi connectivity index (χ2n) is 7.86. The summed E-state index contributed by atoms with van der Waals surface area (Å²) in [5, 5.41) is 3.95. The second kappa shape index (κ2) is 8.61. The zero-order valence-corrected chi connectivity index (χ0v) is 17.4. The van der Waals surface area contributed by atoms with Gasteiger partial charge in [-0.1, -0.05) is 43.2 Å². The average molecular weight is 405 g/mol. The van der Waals surface area contributed by atoms with E-state index in [1.165, 1.54) is 0 Å². The van der Waals surface area contributed by atoms with E-state index >= 15 is 0 Å². The number of carbonyl (C=O) groups excluding carboxylic acids is 1. The Labute approximate surface area is 175 Å². The molecule has 0 radical (unpaired) electrons. The highest BCUT2D eigenvalue weighted by Gasteiger charge is 2.28. The molecule has 6 heteroatoms. The van der Waals surface area contributed by atoms with Gasteiger partial charge in [-0.3, -0.25) is 4.79 Å². The van der Waals surface area contributed by atoms with Crippen LogP contribution in [0.25, 0.3) is 10.9 Å². The molecule has 0 bridgehead atoms. The zero-order valence-electron chi connectivity index (χ0n) is 17.4. The Morgan fingerprint density at radius 1 is 1.17 bits per heavy atom. The molecule has 1 heterocycles. The number of benzene rings is 2. The summed E-state index contributed by atoms with van der Waals surface area (Å²) in [6.07, 6.45) is 4.08. The van der Waals surface area contributed by atoms with Crippen LogP contribution in [0.2, 0.25) is 0 Å². The van der Waals surface area contributed by atoms with Gasteiger partial charge in [-0.15, -0.1) is 0 Å². The summed E-state index contributed by atoms with van der Waals surface area (Å²) in [5.74, 6) is 0.608. The molecule has 3 aromatic rings. The Bertz CT molecular complexity index is 1120. The van der Waals surface area contributed by atoms with E-state index in [-0.39, 0.29) is 24.2 Å². The molecule has 0 saturated heterocycles. The lowest BCUT2D eigenvalue weighted by molar-refractivity contribution is 0.184. The predicted molar refractivity (Wildman–Crippen MR) is 119 cm³/mol. The number of rotatable bonds is 5. The predicted octanol–water partition coefficient (Wildman–Crippen LogP) is 4.82. The third-order valence-electron chi connectivity index (χ3n) is 5.88. The van der Waals surface area contributed by atoms with Crippen LogP contribution in [0.15, 0.2) is 53.3 Å². The zero-order chi connectivity index (χ0) is 21.1. The number of para-hydroxylation sites is 3. The number of anilines is 1. The first-order valence-corrected chi connectivity index (χ1v) is 10.4. The number of fused-ring (bicyclic) bond motifs is 1. The first-order valence-electron chi connectivity index (χ1n) is 10.4. The Morgan fingerprint density at radius 2 is 1.93 bits per heavy atom. The van der Waals surface area contributed by atoms with E-state index in [4.69, 9.17) is 4.74 Å². The van der Waals surface area contributed by atoms with Crippen molar-refractivity contribution in [2.75, 3.05) is 12.4 Å². The van der Waals surface area contributed by atoms with Crippen molar-refractivity contribution in [1.82, 2.24) is 9.88 Å². The Hall–Kier alpha value is -3.28. The minimum atomic E-state index is -0.213. The maximum atomic E-state index is 13.2. The fourth-order valence-corrected chi connectivity index (χ4v) is 4.25. The molecule has 0 spiro atoms. The maximum absolute atomic E-state index is 13.2. The van der Waals surface area contributed by atoms with Gasteiger partial charge in [-0.25, -0.2) is 4.79 Å². The largest absolute Gasteiger partial charge is 0.495 e. The molecular formula is C24H27N3O3. The number of aromatic amines is 1. The number of nitrogens with one attached hydrogen (secondary N) is 2. The van der Waals surface area contributed by atoms with Crippen LogP contribution in [-0.4, -0.2) is 29.1 Å². The van der Waals surface area contributed by atoms with E-state index in [1.54, 1.807) is 12.0 Å². The SMILES string of the molecule is COc1ccccc1NC(=O)N(Cc1cc2cccc(C)c2[nH]c1=O)C1CCCC1. The minimum absolute atomic E-state index is 0.118. The topological polar surface area (TPSA) is 74.4 Å². The monoisotopic (exact) mass is 405 g/mol. The van der Waals surface area contributed by atoms with Crippen LogP contribution >= 0.6 is 0 Å². The molecular weight excluding hydrogens is 378 g/mol. The van der Waals surface area contributed by atoms with Crippen molar-refractivity contribution < 1.29 is 9.53 Å². The number of aromatic nitrogens is 1. The van der Waals surface area contributed by atoms with Crippen molar-refractivity contribution >= 4 is 22.6 Å². The first-order chi connectivity index (χ1) is 14.6. The summed E-state index contributed by atoms with van der Waals surface area (Å²) >= 11 is 0. The fourth-order valence-electron chi connectivity index (χ4n) is 4.25. The number of H-pyrrole nitrogens is 1. The highest BCUT2D eigenvalue weighted by Crippen LogP contribution is 2.28. The standard InChI is InChI=1S/C24H27N3O3/c1-16-8-7-9-17-14-18(23(28)26-22(16)17)15-27(19-10-3-4-11-19)24(29)25-20-12-5-6-13-21(20)30-2/h5-9,12-14,19H,3-4,10-11,15H2,1-2H3,(H,25,29)(H,26,28). The molecule has 0 aliphatic heterocycles. The van der Waals surface area contributed by atoms with Gasteiger partial charge in [0.1, 0.15) is 5.75 Å². The normalized spacial score (nSPS) is 14.1. The quantitative estimate of drug-likeness (QED) is 0.639. The summed E-state index contributed by atoms with van der Waals surface area (Å²) < 4.78 is 5.36. The molecule has 0 unspecified atom stereocenters. The van der Waals surface area contributed by atoms with Crippen molar-refractivity contribution in [2.45, 2.75) is 45.2 Å². The van der Waals surface area contributed by atoms with E-state index in [0.29, 0.717) is 17.0 Å². The molecule has 2 N–H and O–H groups in total. The Morgan fingerprint density at radius 3 is 2.70 bits per heavy atom. The van der Waals surface area contributed by atoms with Crippen LogP contribution in [0, 0.1) is 6.92 Å². The van der Waals surface area contributed by atoms with Gasteiger partial charge in [-0.05, 0) is 48.9 Å². The van der Waals surface area contributed by atoms with Gasteiger partial charge in [0.25, 0.3) is 5.56 Å². The number of hydrogen-bond acceptors (Lipinski definition) is 3. The van der Waals surface area contributed by atoms with Crippen LogP contribution in [0.5, 0.6) is 5.75 Å². The summed E-state index contributed by atoms with van der Waals surface area (Å²) in [6, 6.07) is 15.1. The van der Waals surface area contributed by atoms with E-state index in [9.17, 15) is 9.59 Å². The van der Waals surface area contributed by atoms with Gasteiger partial charge < -0.3 is 19.9 Å². The number of methoxy groups -OCH3 is 1. The first kappa shape index (κ1) is 20.0. The Balaban J connectivity index is 1.65. The Kier molecular flexibility index (Phi) is 5.74. The summed E-state index contributed by atoms with van der Waals surface area (Å²) in [5.41, 5.74) is 2.94. The van der Waals surface area contributed by atoms with Crippen LogP contribution in [0.1, 0.15) is 36.8 Å².